The Morgan fingerprint density at radius 3 is 2.68 bits per heavy atom. The quantitative estimate of drug-likeness (QED) is 0.373. The average Bonchev–Trinajstić information content (AvgIpc) is 3.49. The molecule has 5 nitrogen and oxygen atoms in total. The summed E-state index contributed by atoms with van der Waals surface area (Å²) in [6, 6.07) is 8.21. The van der Waals surface area contributed by atoms with E-state index in [0.29, 0.717) is 18.2 Å². The SMILES string of the molecule is COc1ccc(Cn2ccnc2C2CCN(C(=O)CCCCC3CCSS3)CC2)cc1. The number of benzene rings is 1. The molecule has 7 heteroatoms. The van der Waals surface area contributed by atoms with E-state index in [1.807, 2.05) is 39.9 Å². The van der Waals surface area contributed by atoms with E-state index < -0.39 is 0 Å². The van der Waals surface area contributed by atoms with Crippen LogP contribution in [0, 0.1) is 0 Å². The standard InChI is InChI=1S/C24H33N3O2S2/c1-29-21-8-6-19(7-9-21)18-27-16-13-25-24(27)20-10-14-26(15-11-20)23(28)5-3-2-4-22-12-17-30-31-22/h6-9,13,16,20,22H,2-5,10-12,14-15,17-18H2,1H3. The molecule has 0 spiro atoms. The third-order valence-electron chi connectivity index (χ3n) is 6.37. The van der Waals surface area contributed by atoms with Crippen LogP contribution in [0.2, 0.25) is 0 Å². The first-order valence-corrected chi connectivity index (χ1v) is 13.8. The van der Waals surface area contributed by atoms with Crippen LogP contribution in [-0.4, -0.2) is 51.6 Å². The number of piperidine rings is 1. The van der Waals surface area contributed by atoms with Gasteiger partial charge < -0.3 is 14.2 Å². The van der Waals surface area contributed by atoms with Gasteiger partial charge in [-0.05, 0) is 49.8 Å². The van der Waals surface area contributed by atoms with Gasteiger partial charge in [0.25, 0.3) is 0 Å². The number of methoxy groups -OCH3 is 1. The van der Waals surface area contributed by atoms with Crippen LogP contribution in [0.3, 0.4) is 0 Å². The molecule has 0 radical (unpaired) electrons. The maximum absolute atomic E-state index is 12.6. The molecule has 1 aromatic heterocycles. The van der Waals surface area contributed by atoms with Crippen molar-refractivity contribution in [1.82, 2.24) is 14.5 Å². The molecule has 0 bridgehead atoms. The van der Waals surface area contributed by atoms with Crippen molar-refractivity contribution in [1.29, 1.82) is 0 Å². The predicted octanol–water partition coefficient (Wildman–Crippen LogP) is 5.36. The largest absolute Gasteiger partial charge is 0.497 e. The van der Waals surface area contributed by atoms with E-state index in [2.05, 4.69) is 32.8 Å². The van der Waals surface area contributed by atoms with Gasteiger partial charge in [-0.25, -0.2) is 4.98 Å². The number of hydrogen-bond donors (Lipinski definition) is 0. The number of imidazole rings is 1. The molecule has 1 aromatic carbocycles. The third kappa shape index (κ3) is 6.22. The van der Waals surface area contributed by atoms with E-state index >= 15 is 0 Å². The van der Waals surface area contributed by atoms with Gasteiger partial charge in [0.05, 0.1) is 7.11 Å². The Bertz CT molecular complexity index is 826. The van der Waals surface area contributed by atoms with Gasteiger partial charge in [-0.1, -0.05) is 40.1 Å². The van der Waals surface area contributed by atoms with Crippen molar-refractivity contribution in [2.45, 2.75) is 62.7 Å². The lowest BCUT2D eigenvalue weighted by atomic mass is 9.95. The number of hydrogen-bond acceptors (Lipinski definition) is 5. The van der Waals surface area contributed by atoms with Crippen LogP contribution in [0.4, 0.5) is 0 Å². The zero-order valence-electron chi connectivity index (χ0n) is 18.4. The summed E-state index contributed by atoms with van der Waals surface area (Å²) < 4.78 is 7.51. The first kappa shape index (κ1) is 22.6. The molecule has 2 aliphatic rings. The number of likely N-dealkylation sites (tertiary alicyclic amines) is 1. The van der Waals surface area contributed by atoms with Crippen LogP contribution < -0.4 is 4.74 Å². The van der Waals surface area contributed by atoms with Crippen molar-refractivity contribution in [3.8, 4) is 5.75 Å². The zero-order valence-corrected chi connectivity index (χ0v) is 20.0. The van der Waals surface area contributed by atoms with E-state index in [1.54, 1.807) is 7.11 Å². The van der Waals surface area contributed by atoms with Gasteiger partial charge >= 0.3 is 0 Å². The first-order valence-electron chi connectivity index (χ1n) is 11.4. The highest BCUT2D eigenvalue weighted by Crippen LogP contribution is 2.40. The molecule has 1 atom stereocenters. The Kier molecular flexibility index (Phi) is 8.25. The third-order valence-corrected chi connectivity index (χ3v) is 9.37. The Morgan fingerprint density at radius 1 is 1.16 bits per heavy atom. The second-order valence-corrected chi connectivity index (χ2v) is 11.3. The Morgan fingerprint density at radius 2 is 1.97 bits per heavy atom. The average molecular weight is 460 g/mol. The lowest BCUT2D eigenvalue weighted by Gasteiger charge is -2.32. The van der Waals surface area contributed by atoms with Gasteiger partial charge in [-0.15, -0.1) is 0 Å². The highest BCUT2D eigenvalue weighted by molar-refractivity contribution is 8.77. The fourth-order valence-corrected chi connectivity index (χ4v) is 7.53. The van der Waals surface area contributed by atoms with Gasteiger partial charge in [0.1, 0.15) is 11.6 Å². The maximum atomic E-state index is 12.6. The summed E-state index contributed by atoms with van der Waals surface area (Å²) in [5.74, 6) is 4.09. The number of nitrogens with zero attached hydrogens (tertiary/aromatic N) is 3. The summed E-state index contributed by atoms with van der Waals surface area (Å²) >= 11 is 0. The molecule has 1 amide bonds. The number of carbonyl (C=O) groups is 1. The fraction of sp³-hybridized carbons (Fsp3) is 0.583. The number of unbranched alkanes of at least 4 members (excludes halogenated alkanes) is 1. The van der Waals surface area contributed by atoms with E-state index in [0.717, 1.165) is 55.7 Å². The van der Waals surface area contributed by atoms with Gasteiger partial charge in [-0.3, -0.25) is 4.79 Å². The van der Waals surface area contributed by atoms with Crippen molar-refractivity contribution in [2.75, 3.05) is 26.0 Å². The molecule has 4 rings (SSSR count). The summed E-state index contributed by atoms with van der Waals surface area (Å²) in [4.78, 5) is 19.4. The molecule has 2 fully saturated rings. The Labute approximate surface area is 193 Å². The summed E-state index contributed by atoms with van der Waals surface area (Å²) in [7, 11) is 5.73. The second-order valence-electron chi connectivity index (χ2n) is 8.49. The molecule has 0 saturated carbocycles. The molecule has 2 aromatic rings. The van der Waals surface area contributed by atoms with Gasteiger partial charge in [0, 0.05) is 55.4 Å². The van der Waals surface area contributed by atoms with Crippen molar-refractivity contribution in [2.24, 2.45) is 0 Å². The molecule has 31 heavy (non-hydrogen) atoms. The highest BCUT2D eigenvalue weighted by atomic mass is 33.1. The predicted molar refractivity (Wildman–Crippen MR) is 130 cm³/mol. The number of carbonyl (C=O) groups excluding carboxylic acids is 1. The van der Waals surface area contributed by atoms with Crippen molar-refractivity contribution in [3.05, 3.63) is 48.0 Å². The highest BCUT2D eigenvalue weighted by Gasteiger charge is 2.26. The first-order chi connectivity index (χ1) is 15.2. The minimum atomic E-state index is 0.341. The fourth-order valence-electron chi connectivity index (χ4n) is 4.50. The zero-order chi connectivity index (χ0) is 21.5. The summed E-state index contributed by atoms with van der Waals surface area (Å²) in [5.41, 5.74) is 1.24. The van der Waals surface area contributed by atoms with E-state index in [9.17, 15) is 4.79 Å². The van der Waals surface area contributed by atoms with Crippen LogP contribution in [0.1, 0.15) is 62.3 Å². The number of amides is 1. The molecule has 2 aliphatic heterocycles. The topological polar surface area (TPSA) is 47.4 Å². The van der Waals surface area contributed by atoms with Crippen LogP contribution in [0.25, 0.3) is 0 Å². The van der Waals surface area contributed by atoms with Gasteiger partial charge in [0.15, 0.2) is 0 Å². The molecule has 3 heterocycles. The maximum Gasteiger partial charge on any atom is 0.222 e. The van der Waals surface area contributed by atoms with Gasteiger partial charge in [-0.2, -0.15) is 0 Å². The van der Waals surface area contributed by atoms with E-state index in [1.165, 1.54) is 30.6 Å². The molecule has 1 unspecified atom stereocenters. The van der Waals surface area contributed by atoms with Crippen LogP contribution in [-0.2, 0) is 11.3 Å². The number of rotatable bonds is 9. The molecular weight excluding hydrogens is 426 g/mol. The second kappa shape index (κ2) is 11.3. The number of aromatic nitrogens is 2. The summed E-state index contributed by atoms with van der Waals surface area (Å²) in [5, 5.41) is 0.817. The van der Waals surface area contributed by atoms with Crippen molar-refractivity contribution < 1.29 is 9.53 Å². The number of ether oxygens (including phenoxy) is 1. The Balaban J connectivity index is 1.22. The molecule has 168 valence electrons. The molecular formula is C24H33N3O2S2. The monoisotopic (exact) mass is 459 g/mol. The van der Waals surface area contributed by atoms with Crippen LogP contribution in [0.5, 0.6) is 5.75 Å². The van der Waals surface area contributed by atoms with E-state index in [4.69, 9.17) is 4.74 Å². The molecule has 0 N–H and O–H groups in total. The summed E-state index contributed by atoms with van der Waals surface area (Å²) in [6.45, 7) is 2.53. The summed E-state index contributed by atoms with van der Waals surface area (Å²) in [6.07, 6.45) is 11.5. The molecule has 0 aliphatic carbocycles. The van der Waals surface area contributed by atoms with Crippen LogP contribution in [0.15, 0.2) is 36.7 Å². The smallest absolute Gasteiger partial charge is 0.222 e. The van der Waals surface area contributed by atoms with Gasteiger partial charge in [0.2, 0.25) is 5.91 Å². The van der Waals surface area contributed by atoms with Crippen molar-refractivity contribution in [3.63, 3.8) is 0 Å². The normalized spacial score (nSPS) is 19.6. The van der Waals surface area contributed by atoms with E-state index in [-0.39, 0.29) is 0 Å². The lowest BCUT2D eigenvalue weighted by Crippen LogP contribution is -2.38. The minimum Gasteiger partial charge on any atom is -0.497 e. The Hall–Kier alpha value is -1.60. The van der Waals surface area contributed by atoms with Crippen molar-refractivity contribution >= 4 is 27.5 Å². The van der Waals surface area contributed by atoms with Crippen LogP contribution >= 0.6 is 21.6 Å². The molecule has 2 saturated heterocycles. The minimum absolute atomic E-state index is 0.341. The lowest BCUT2D eigenvalue weighted by molar-refractivity contribution is -0.132.